The highest BCUT2D eigenvalue weighted by atomic mass is 19.1. The van der Waals surface area contributed by atoms with E-state index in [4.69, 9.17) is 5.73 Å². The first-order chi connectivity index (χ1) is 8.47. The van der Waals surface area contributed by atoms with Crippen LogP contribution in [-0.4, -0.2) is 36.5 Å². The molecule has 1 aromatic rings. The Hall–Kier alpha value is -1.62. The van der Waals surface area contributed by atoms with E-state index in [1.165, 1.54) is 12.1 Å². The van der Waals surface area contributed by atoms with Crippen LogP contribution in [0.5, 0.6) is 0 Å². The van der Waals surface area contributed by atoms with Crippen LogP contribution in [0.3, 0.4) is 0 Å². The summed E-state index contributed by atoms with van der Waals surface area (Å²) in [5, 5.41) is 3.31. The normalized spacial score (nSPS) is 24.2. The fraction of sp³-hybridized carbons (Fsp3) is 0.462. The zero-order chi connectivity index (χ0) is 13.3. The van der Waals surface area contributed by atoms with Crippen LogP contribution in [0.1, 0.15) is 23.7 Å². The predicted molar refractivity (Wildman–Crippen MR) is 69.0 cm³/mol. The van der Waals surface area contributed by atoms with E-state index >= 15 is 0 Å². The van der Waals surface area contributed by atoms with Crippen LogP contribution in [0.2, 0.25) is 0 Å². The molecule has 1 heterocycles. The van der Waals surface area contributed by atoms with E-state index in [1.807, 2.05) is 0 Å². The van der Waals surface area contributed by atoms with Gasteiger partial charge in [-0.1, -0.05) is 0 Å². The van der Waals surface area contributed by atoms with Crippen LogP contribution in [0.15, 0.2) is 18.2 Å². The van der Waals surface area contributed by atoms with Crippen molar-refractivity contribution in [2.75, 3.05) is 18.9 Å². The quantitative estimate of drug-likeness (QED) is 0.854. The number of halogens is 1. The number of hydrogen-bond donors (Lipinski definition) is 2. The summed E-state index contributed by atoms with van der Waals surface area (Å²) in [4.78, 5) is 13.3. The lowest BCUT2D eigenvalue weighted by Gasteiger charge is -2.15. The Bertz CT molecular complexity index is 454. The smallest absolute Gasteiger partial charge is 0.251 e. The van der Waals surface area contributed by atoms with Crippen LogP contribution in [0.25, 0.3) is 0 Å². The second kappa shape index (κ2) is 4.94. The van der Waals surface area contributed by atoms with E-state index in [0.717, 1.165) is 18.7 Å². The molecule has 0 radical (unpaired) electrons. The van der Waals surface area contributed by atoms with Gasteiger partial charge in [-0.3, -0.25) is 4.79 Å². The molecule has 5 heteroatoms. The molecular weight excluding hydrogens is 233 g/mol. The molecule has 0 aliphatic carbocycles. The molecule has 2 rings (SSSR count). The van der Waals surface area contributed by atoms with Gasteiger partial charge in [0.05, 0.1) is 5.56 Å². The van der Waals surface area contributed by atoms with Gasteiger partial charge in [-0.25, -0.2) is 4.39 Å². The van der Waals surface area contributed by atoms with Crippen molar-refractivity contribution in [3.8, 4) is 0 Å². The number of carbonyl (C=O) groups excluding carboxylic acids is 1. The van der Waals surface area contributed by atoms with Crippen LogP contribution in [0.4, 0.5) is 10.1 Å². The first-order valence-electron chi connectivity index (χ1n) is 6.03. The zero-order valence-corrected chi connectivity index (χ0v) is 10.6. The van der Waals surface area contributed by atoms with Crippen molar-refractivity contribution in [2.24, 2.45) is 5.73 Å². The maximum absolute atomic E-state index is 13.3. The Balaban J connectivity index is 2.11. The van der Waals surface area contributed by atoms with Crippen molar-refractivity contribution in [1.29, 1.82) is 0 Å². The van der Waals surface area contributed by atoms with Gasteiger partial charge in [-0.15, -0.1) is 0 Å². The molecule has 3 N–H and O–H groups in total. The molecule has 1 aliphatic rings. The number of nitrogens with one attached hydrogen (secondary N) is 1. The molecule has 1 amide bonds. The van der Waals surface area contributed by atoms with Gasteiger partial charge < -0.3 is 16.0 Å². The second-order valence-corrected chi connectivity index (χ2v) is 4.92. The third-order valence-electron chi connectivity index (χ3n) is 3.49. The van der Waals surface area contributed by atoms with Gasteiger partial charge in [0, 0.05) is 24.3 Å². The third kappa shape index (κ3) is 2.61. The summed E-state index contributed by atoms with van der Waals surface area (Å²) in [7, 11) is 2.08. The maximum atomic E-state index is 13.3. The number of nitrogens with zero attached hydrogens (tertiary/aromatic N) is 1. The van der Waals surface area contributed by atoms with Crippen LogP contribution in [-0.2, 0) is 0 Å². The zero-order valence-electron chi connectivity index (χ0n) is 10.6. The Labute approximate surface area is 106 Å². The van der Waals surface area contributed by atoms with E-state index < -0.39 is 11.7 Å². The van der Waals surface area contributed by atoms with Crippen LogP contribution < -0.4 is 11.1 Å². The lowest BCUT2D eigenvalue weighted by molar-refractivity contribution is 0.0996. The summed E-state index contributed by atoms with van der Waals surface area (Å²) in [6, 6.07) is 5.21. The summed E-state index contributed by atoms with van der Waals surface area (Å²) in [5.41, 5.74) is 5.78. The lowest BCUT2D eigenvalue weighted by Crippen LogP contribution is -2.25. The predicted octanol–water partition coefficient (Wildman–Crippen LogP) is 1.43. The van der Waals surface area contributed by atoms with E-state index in [0.29, 0.717) is 12.1 Å². The van der Waals surface area contributed by atoms with E-state index in [-0.39, 0.29) is 5.56 Å². The SMILES string of the molecule is CC1CC(Nc2ccc(F)c(C(N)=O)c2)CN1C. The minimum absolute atomic E-state index is 0.0700. The van der Waals surface area contributed by atoms with Crippen molar-refractivity contribution >= 4 is 11.6 Å². The average molecular weight is 251 g/mol. The second-order valence-electron chi connectivity index (χ2n) is 4.92. The number of amides is 1. The largest absolute Gasteiger partial charge is 0.381 e. The Morgan fingerprint density at radius 3 is 2.83 bits per heavy atom. The Morgan fingerprint density at radius 1 is 1.56 bits per heavy atom. The highest BCUT2D eigenvalue weighted by Gasteiger charge is 2.26. The fourth-order valence-electron chi connectivity index (χ4n) is 2.34. The van der Waals surface area contributed by atoms with Crippen molar-refractivity contribution in [3.05, 3.63) is 29.6 Å². The van der Waals surface area contributed by atoms with Crippen molar-refractivity contribution in [1.82, 2.24) is 4.90 Å². The summed E-state index contributed by atoms with van der Waals surface area (Å²) < 4.78 is 13.3. The van der Waals surface area contributed by atoms with Crippen molar-refractivity contribution in [3.63, 3.8) is 0 Å². The monoisotopic (exact) mass is 251 g/mol. The highest BCUT2D eigenvalue weighted by Crippen LogP contribution is 2.21. The lowest BCUT2D eigenvalue weighted by atomic mass is 10.1. The molecule has 4 nitrogen and oxygen atoms in total. The molecule has 0 saturated carbocycles. The van der Waals surface area contributed by atoms with Gasteiger partial charge in [-0.2, -0.15) is 0 Å². The van der Waals surface area contributed by atoms with E-state index in [2.05, 4.69) is 24.2 Å². The van der Waals surface area contributed by atoms with Gasteiger partial charge in [-0.05, 0) is 38.6 Å². The van der Waals surface area contributed by atoms with E-state index in [9.17, 15) is 9.18 Å². The van der Waals surface area contributed by atoms with Gasteiger partial charge in [0.25, 0.3) is 5.91 Å². The molecule has 18 heavy (non-hydrogen) atoms. The standard InChI is InChI=1S/C13H18FN3O/c1-8-5-10(7-17(8)2)16-9-3-4-12(14)11(6-9)13(15)18/h3-4,6,8,10,16H,5,7H2,1-2H3,(H2,15,18). The van der Waals surface area contributed by atoms with Crippen molar-refractivity contribution in [2.45, 2.75) is 25.4 Å². The van der Waals surface area contributed by atoms with Gasteiger partial charge in [0.15, 0.2) is 0 Å². The summed E-state index contributed by atoms with van der Waals surface area (Å²) >= 11 is 0. The van der Waals surface area contributed by atoms with Gasteiger partial charge in [0.2, 0.25) is 0 Å². The Kier molecular flexibility index (Phi) is 3.52. The number of likely N-dealkylation sites (N-methyl/N-ethyl adjacent to an activating group) is 1. The Morgan fingerprint density at radius 2 is 2.28 bits per heavy atom. The summed E-state index contributed by atoms with van der Waals surface area (Å²) in [6.07, 6.45) is 1.03. The number of hydrogen-bond acceptors (Lipinski definition) is 3. The minimum Gasteiger partial charge on any atom is -0.381 e. The molecule has 0 bridgehead atoms. The van der Waals surface area contributed by atoms with Gasteiger partial charge in [0.1, 0.15) is 5.82 Å². The number of primary amides is 1. The average Bonchev–Trinajstić information content (AvgIpc) is 2.60. The maximum Gasteiger partial charge on any atom is 0.251 e. The first-order valence-corrected chi connectivity index (χ1v) is 6.03. The first kappa shape index (κ1) is 12.8. The molecule has 1 aromatic carbocycles. The molecule has 0 spiro atoms. The number of benzene rings is 1. The minimum atomic E-state index is -0.743. The molecule has 1 aliphatic heterocycles. The van der Waals surface area contributed by atoms with Gasteiger partial charge >= 0.3 is 0 Å². The number of likely N-dealkylation sites (tertiary alicyclic amines) is 1. The molecule has 0 aromatic heterocycles. The van der Waals surface area contributed by atoms with E-state index in [1.54, 1.807) is 6.07 Å². The van der Waals surface area contributed by atoms with Crippen molar-refractivity contribution < 1.29 is 9.18 Å². The number of rotatable bonds is 3. The summed E-state index contributed by atoms with van der Waals surface area (Å²) in [6.45, 7) is 3.10. The number of carbonyl (C=O) groups is 1. The molecule has 2 atom stereocenters. The molecule has 1 saturated heterocycles. The number of anilines is 1. The highest BCUT2D eigenvalue weighted by molar-refractivity contribution is 5.94. The third-order valence-corrected chi connectivity index (χ3v) is 3.49. The molecule has 2 unspecified atom stereocenters. The molecular formula is C13H18FN3O. The molecule has 1 fully saturated rings. The number of nitrogens with two attached hydrogens (primary N) is 1. The van der Waals surface area contributed by atoms with Crippen LogP contribution in [0, 0.1) is 5.82 Å². The topological polar surface area (TPSA) is 58.4 Å². The van der Waals surface area contributed by atoms with Crippen LogP contribution >= 0.6 is 0 Å². The fourth-order valence-corrected chi connectivity index (χ4v) is 2.34. The molecule has 98 valence electrons. The summed E-state index contributed by atoms with van der Waals surface area (Å²) in [5.74, 6) is -1.32.